The maximum atomic E-state index is 13.0. The summed E-state index contributed by atoms with van der Waals surface area (Å²) in [4.78, 5) is 21.4. The van der Waals surface area contributed by atoms with Gasteiger partial charge in [0, 0.05) is 42.1 Å². The Balaban J connectivity index is 1.12. The molecule has 168 valence electrons. The first-order chi connectivity index (χ1) is 16.1. The summed E-state index contributed by atoms with van der Waals surface area (Å²) >= 11 is 1.46. The molecule has 3 aromatic rings. The molecule has 8 heteroatoms. The number of piperazine rings is 1. The number of hydrogen-bond donors (Lipinski definition) is 0. The fourth-order valence-corrected chi connectivity index (χ4v) is 5.96. The number of anilines is 1. The summed E-state index contributed by atoms with van der Waals surface area (Å²) < 4.78 is 14.6. The molecular formula is C25H24N4O3S. The number of rotatable bonds is 3. The first-order valence-electron chi connectivity index (χ1n) is 11.2. The minimum absolute atomic E-state index is 0.109. The molecule has 0 bridgehead atoms. The van der Waals surface area contributed by atoms with Crippen LogP contribution >= 0.6 is 11.9 Å². The lowest BCUT2D eigenvalue weighted by Crippen LogP contribution is -2.52. The van der Waals surface area contributed by atoms with Gasteiger partial charge in [-0.2, -0.15) is 0 Å². The van der Waals surface area contributed by atoms with Gasteiger partial charge in [-0.1, -0.05) is 5.92 Å². The lowest BCUT2D eigenvalue weighted by molar-refractivity contribution is -0.144. The van der Waals surface area contributed by atoms with Crippen molar-refractivity contribution in [3.63, 3.8) is 0 Å². The lowest BCUT2D eigenvalue weighted by Gasteiger charge is -2.39. The smallest absolute Gasteiger partial charge is 0.239 e. The molecule has 5 heterocycles. The number of carbonyl (C=O) groups excluding carboxylic acids is 1. The van der Waals surface area contributed by atoms with Crippen LogP contribution < -0.4 is 4.90 Å². The van der Waals surface area contributed by atoms with E-state index in [0.29, 0.717) is 19.6 Å². The molecule has 0 radical (unpaired) electrons. The third-order valence-electron chi connectivity index (χ3n) is 6.77. The van der Waals surface area contributed by atoms with E-state index < -0.39 is 0 Å². The number of amides is 1. The highest BCUT2D eigenvalue weighted by molar-refractivity contribution is 7.96. The molecule has 6 rings (SSSR count). The Morgan fingerprint density at radius 2 is 1.97 bits per heavy atom. The molecule has 0 saturated carbocycles. The van der Waals surface area contributed by atoms with Crippen molar-refractivity contribution in [2.45, 2.75) is 29.8 Å². The van der Waals surface area contributed by atoms with Crippen LogP contribution in [-0.2, 0) is 9.53 Å². The van der Waals surface area contributed by atoms with Crippen molar-refractivity contribution in [2.75, 3.05) is 37.6 Å². The summed E-state index contributed by atoms with van der Waals surface area (Å²) in [5.41, 5.74) is 2.55. The van der Waals surface area contributed by atoms with Crippen molar-refractivity contribution in [1.29, 1.82) is 0 Å². The van der Waals surface area contributed by atoms with Gasteiger partial charge >= 0.3 is 0 Å². The monoisotopic (exact) mass is 460 g/mol. The van der Waals surface area contributed by atoms with Crippen LogP contribution in [0, 0.1) is 12.3 Å². The van der Waals surface area contributed by atoms with Gasteiger partial charge in [0.05, 0.1) is 25.2 Å². The van der Waals surface area contributed by atoms with Gasteiger partial charge < -0.3 is 19.0 Å². The summed E-state index contributed by atoms with van der Waals surface area (Å²) in [6.45, 7) is 3.50. The number of nitrogens with zero attached hydrogens (tertiary/aromatic N) is 4. The summed E-state index contributed by atoms with van der Waals surface area (Å²) in [7, 11) is 0. The number of ether oxygens (including phenoxy) is 1. The van der Waals surface area contributed by atoms with E-state index in [4.69, 9.17) is 15.6 Å². The van der Waals surface area contributed by atoms with Crippen LogP contribution in [0.25, 0.3) is 11.0 Å². The van der Waals surface area contributed by atoms with Crippen LogP contribution in [0.3, 0.4) is 0 Å². The van der Waals surface area contributed by atoms with Crippen LogP contribution in [0.2, 0.25) is 0 Å². The van der Waals surface area contributed by atoms with E-state index in [0.717, 1.165) is 47.6 Å². The number of terminal acetylenes is 1. The number of aromatic nitrogens is 1. The zero-order valence-corrected chi connectivity index (χ0v) is 19.0. The minimum atomic E-state index is -0.254. The van der Waals surface area contributed by atoms with Gasteiger partial charge in [0.2, 0.25) is 5.91 Å². The maximum Gasteiger partial charge on any atom is 0.239 e. The van der Waals surface area contributed by atoms with Gasteiger partial charge in [-0.3, -0.25) is 9.78 Å². The van der Waals surface area contributed by atoms with Crippen molar-refractivity contribution in [3.8, 4) is 12.3 Å². The first-order valence-corrected chi connectivity index (χ1v) is 11.9. The SMILES string of the molecule is C#Cc1ccc2oc(SN3CC(=O)N4CC5(CCN(c6ccncc6)CC5)OC4C3)cc2c1. The average molecular weight is 461 g/mol. The molecule has 2 aromatic heterocycles. The van der Waals surface area contributed by atoms with Crippen LogP contribution in [-0.4, -0.2) is 64.6 Å². The summed E-state index contributed by atoms with van der Waals surface area (Å²) in [6.07, 6.45) is 10.7. The predicted octanol–water partition coefficient (Wildman–Crippen LogP) is 3.36. The highest BCUT2D eigenvalue weighted by atomic mass is 32.2. The minimum Gasteiger partial charge on any atom is -0.449 e. The Morgan fingerprint density at radius 3 is 2.76 bits per heavy atom. The van der Waals surface area contributed by atoms with Crippen molar-refractivity contribution >= 4 is 34.5 Å². The number of furan rings is 1. The quantitative estimate of drug-likeness (QED) is 0.439. The molecule has 7 nitrogen and oxygen atoms in total. The molecule has 0 N–H and O–H groups in total. The Hall–Kier alpha value is -2.99. The number of pyridine rings is 1. The van der Waals surface area contributed by atoms with E-state index in [1.165, 1.54) is 17.6 Å². The maximum absolute atomic E-state index is 13.0. The van der Waals surface area contributed by atoms with E-state index in [9.17, 15) is 4.79 Å². The Labute approximate surface area is 196 Å². The number of benzene rings is 1. The molecule has 1 amide bonds. The molecule has 33 heavy (non-hydrogen) atoms. The molecule has 3 fully saturated rings. The van der Waals surface area contributed by atoms with Crippen LogP contribution in [0.4, 0.5) is 5.69 Å². The normalized spacial score (nSPS) is 22.6. The van der Waals surface area contributed by atoms with Gasteiger partial charge in [-0.25, -0.2) is 4.31 Å². The molecule has 0 aliphatic carbocycles. The van der Waals surface area contributed by atoms with E-state index in [1.54, 1.807) is 0 Å². The van der Waals surface area contributed by atoms with Crippen molar-refractivity contribution in [3.05, 3.63) is 54.4 Å². The summed E-state index contributed by atoms with van der Waals surface area (Å²) in [5.74, 6) is 2.76. The van der Waals surface area contributed by atoms with Crippen molar-refractivity contribution in [2.24, 2.45) is 0 Å². The molecule has 3 aliphatic heterocycles. The fourth-order valence-electron chi connectivity index (χ4n) is 5.02. The number of hydrogen-bond acceptors (Lipinski definition) is 7. The van der Waals surface area contributed by atoms with Crippen LogP contribution in [0.5, 0.6) is 0 Å². The third-order valence-corrected chi connectivity index (χ3v) is 7.68. The Kier molecular flexibility index (Phi) is 5.06. The largest absolute Gasteiger partial charge is 0.449 e. The number of piperidine rings is 1. The van der Waals surface area contributed by atoms with E-state index in [2.05, 4.69) is 15.8 Å². The Bertz CT molecular complexity index is 1230. The van der Waals surface area contributed by atoms with Gasteiger partial charge in [0.25, 0.3) is 0 Å². The van der Waals surface area contributed by atoms with Crippen LogP contribution in [0.15, 0.2) is 58.3 Å². The highest BCUT2D eigenvalue weighted by Gasteiger charge is 2.50. The summed E-state index contributed by atoms with van der Waals surface area (Å²) in [6, 6.07) is 11.8. The molecule has 1 aromatic carbocycles. The lowest BCUT2D eigenvalue weighted by atomic mass is 9.91. The van der Waals surface area contributed by atoms with Gasteiger partial charge in [-0.05, 0) is 61.2 Å². The second kappa shape index (κ2) is 8.10. The molecule has 3 saturated heterocycles. The molecule has 1 unspecified atom stereocenters. The molecular weight excluding hydrogens is 436 g/mol. The Morgan fingerprint density at radius 1 is 1.15 bits per heavy atom. The zero-order valence-electron chi connectivity index (χ0n) is 18.1. The van der Waals surface area contributed by atoms with Crippen LogP contribution in [0.1, 0.15) is 18.4 Å². The first kappa shape index (κ1) is 20.6. The molecule has 1 spiro atoms. The second-order valence-corrected chi connectivity index (χ2v) is 9.95. The number of fused-ring (bicyclic) bond motifs is 2. The third kappa shape index (κ3) is 3.86. The van der Waals surface area contributed by atoms with E-state index in [1.807, 2.05) is 58.0 Å². The summed E-state index contributed by atoms with van der Waals surface area (Å²) in [5, 5.41) is 1.72. The van der Waals surface area contributed by atoms with E-state index in [-0.39, 0.29) is 17.7 Å². The predicted molar refractivity (Wildman–Crippen MR) is 127 cm³/mol. The van der Waals surface area contributed by atoms with E-state index >= 15 is 0 Å². The second-order valence-electron chi connectivity index (χ2n) is 8.85. The highest BCUT2D eigenvalue weighted by Crippen LogP contribution is 2.40. The van der Waals surface area contributed by atoms with Gasteiger partial charge in [0.1, 0.15) is 11.8 Å². The fraction of sp³-hybridized carbons (Fsp3) is 0.360. The standard InChI is InChI=1S/C25H24N4O3S/c1-2-18-3-4-21-19(13-18)14-24(31-21)33-28-15-22(30)29-17-25(32-23(29)16-28)7-11-27(12-8-25)20-5-9-26-10-6-20/h1,3-6,9-10,13-14,23H,7-8,11-12,15-17H2. The van der Waals surface area contributed by atoms with Gasteiger partial charge in [-0.15, -0.1) is 6.42 Å². The topological polar surface area (TPSA) is 62.1 Å². The van der Waals surface area contributed by atoms with Gasteiger partial charge in [0.15, 0.2) is 5.09 Å². The molecule has 1 atom stereocenters. The average Bonchev–Trinajstić information content (AvgIpc) is 3.40. The number of carbonyl (C=O) groups is 1. The molecule has 3 aliphatic rings. The van der Waals surface area contributed by atoms with Crippen molar-refractivity contribution in [1.82, 2.24) is 14.2 Å². The zero-order chi connectivity index (χ0) is 22.4. The van der Waals surface area contributed by atoms with Crippen molar-refractivity contribution < 1.29 is 13.9 Å².